The van der Waals surface area contributed by atoms with Crippen LogP contribution in [0.4, 0.5) is 0 Å². The second-order valence-corrected chi connectivity index (χ2v) is 3.58. The summed E-state index contributed by atoms with van der Waals surface area (Å²) >= 11 is 0. The van der Waals surface area contributed by atoms with Gasteiger partial charge in [0, 0.05) is 12.7 Å². The van der Waals surface area contributed by atoms with E-state index in [0.29, 0.717) is 6.42 Å². The number of rotatable bonds is 5. The van der Waals surface area contributed by atoms with Crippen LogP contribution in [0.3, 0.4) is 0 Å². The first-order valence-corrected chi connectivity index (χ1v) is 5.23. The molecular formula is C11H16N2O3. The normalized spacial score (nSPS) is 12.1. The van der Waals surface area contributed by atoms with E-state index < -0.39 is 6.10 Å². The average Bonchev–Trinajstić information content (AvgIpc) is 2.26. The lowest BCUT2D eigenvalue weighted by Crippen LogP contribution is -2.32. The molecule has 0 bridgehead atoms. The van der Waals surface area contributed by atoms with Crippen LogP contribution in [0.25, 0.3) is 0 Å². The molecule has 1 aromatic heterocycles. The second kappa shape index (κ2) is 6.07. The summed E-state index contributed by atoms with van der Waals surface area (Å²) in [5, 5.41) is 21.1. The lowest BCUT2D eigenvalue weighted by Gasteiger charge is -2.10. The van der Waals surface area contributed by atoms with Gasteiger partial charge >= 0.3 is 0 Å². The number of amides is 1. The van der Waals surface area contributed by atoms with Gasteiger partial charge in [-0.2, -0.15) is 0 Å². The molecule has 5 nitrogen and oxygen atoms in total. The Hall–Kier alpha value is -1.62. The zero-order valence-electron chi connectivity index (χ0n) is 9.18. The van der Waals surface area contributed by atoms with Crippen LogP contribution >= 0.6 is 0 Å². The Labute approximate surface area is 94.1 Å². The Balaban J connectivity index is 2.47. The maximum absolute atomic E-state index is 11.5. The van der Waals surface area contributed by atoms with Gasteiger partial charge in [0.1, 0.15) is 5.75 Å². The van der Waals surface area contributed by atoms with E-state index in [9.17, 15) is 9.90 Å². The van der Waals surface area contributed by atoms with E-state index in [1.165, 1.54) is 18.5 Å². The summed E-state index contributed by atoms with van der Waals surface area (Å²) in [7, 11) is 0. The molecule has 1 atom stereocenters. The van der Waals surface area contributed by atoms with Crippen LogP contribution in [0.15, 0.2) is 18.5 Å². The van der Waals surface area contributed by atoms with Crippen LogP contribution in [-0.2, 0) is 0 Å². The van der Waals surface area contributed by atoms with Crippen molar-refractivity contribution in [3.63, 3.8) is 0 Å². The number of hydrogen-bond donors (Lipinski definition) is 3. The van der Waals surface area contributed by atoms with E-state index in [0.717, 1.165) is 6.42 Å². The molecule has 5 heteroatoms. The van der Waals surface area contributed by atoms with Crippen molar-refractivity contribution in [3.05, 3.63) is 24.0 Å². The molecule has 1 amide bonds. The molecule has 1 aromatic rings. The van der Waals surface area contributed by atoms with Crippen molar-refractivity contribution in [3.8, 4) is 5.75 Å². The summed E-state index contributed by atoms with van der Waals surface area (Å²) in [6.45, 7) is 2.17. The third kappa shape index (κ3) is 3.86. The SMILES string of the molecule is CCCC(O)CNC(=O)c1cncc(O)c1. The Morgan fingerprint density at radius 1 is 1.56 bits per heavy atom. The van der Waals surface area contributed by atoms with Crippen LogP contribution in [-0.4, -0.2) is 33.8 Å². The molecular weight excluding hydrogens is 208 g/mol. The van der Waals surface area contributed by atoms with Gasteiger partial charge in [-0.3, -0.25) is 9.78 Å². The van der Waals surface area contributed by atoms with Crippen LogP contribution < -0.4 is 5.32 Å². The lowest BCUT2D eigenvalue weighted by atomic mass is 10.2. The third-order valence-electron chi connectivity index (χ3n) is 2.11. The molecule has 0 aliphatic rings. The molecule has 3 N–H and O–H groups in total. The van der Waals surface area contributed by atoms with Gasteiger partial charge in [-0.05, 0) is 12.5 Å². The molecule has 0 saturated carbocycles. The van der Waals surface area contributed by atoms with E-state index in [1.807, 2.05) is 6.92 Å². The highest BCUT2D eigenvalue weighted by Crippen LogP contribution is 2.08. The number of aliphatic hydroxyl groups is 1. The highest BCUT2D eigenvalue weighted by Gasteiger charge is 2.09. The highest BCUT2D eigenvalue weighted by molar-refractivity contribution is 5.94. The minimum Gasteiger partial charge on any atom is -0.506 e. The molecule has 0 aromatic carbocycles. The average molecular weight is 224 g/mol. The molecule has 0 aliphatic heterocycles. The van der Waals surface area contributed by atoms with Gasteiger partial charge in [-0.25, -0.2) is 0 Å². The van der Waals surface area contributed by atoms with E-state index in [4.69, 9.17) is 5.11 Å². The number of nitrogens with one attached hydrogen (secondary N) is 1. The fourth-order valence-electron chi connectivity index (χ4n) is 1.30. The molecule has 1 heterocycles. The molecule has 0 spiro atoms. The maximum Gasteiger partial charge on any atom is 0.253 e. The Kier molecular flexibility index (Phi) is 4.72. The predicted octanol–water partition coefficient (Wildman–Crippen LogP) is 0.678. The topological polar surface area (TPSA) is 82.5 Å². The van der Waals surface area contributed by atoms with Gasteiger partial charge in [0.2, 0.25) is 0 Å². The third-order valence-corrected chi connectivity index (χ3v) is 2.11. The summed E-state index contributed by atoms with van der Waals surface area (Å²) in [5.74, 6) is -0.402. The fraction of sp³-hybridized carbons (Fsp3) is 0.455. The number of aliphatic hydroxyl groups excluding tert-OH is 1. The van der Waals surface area contributed by atoms with Crippen molar-refractivity contribution < 1.29 is 15.0 Å². The number of nitrogens with zero attached hydrogens (tertiary/aromatic N) is 1. The fourth-order valence-corrected chi connectivity index (χ4v) is 1.30. The molecule has 0 radical (unpaired) electrons. The zero-order valence-corrected chi connectivity index (χ0v) is 9.18. The highest BCUT2D eigenvalue weighted by atomic mass is 16.3. The Morgan fingerprint density at radius 3 is 2.94 bits per heavy atom. The van der Waals surface area contributed by atoms with Gasteiger partial charge in [0.25, 0.3) is 5.91 Å². The summed E-state index contributed by atoms with van der Waals surface area (Å²) in [6.07, 6.45) is 3.60. The van der Waals surface area contributed by atoms with Crippen LogP contribution in [0.1, 0.15) is 30.1 Å². The summed E-state index contributed by atoms with van der Waals surface area (Å²) < 4.78 is 0. The van der Waals surface area contributed by atoms with E-state index in [1.54, 1.807) is 0 Å². The Bertz CT molecular complexity index is 355. The van der Waals surface area contributed by atoms with E-state index in [2.05, 4.69) is 10.3 Å². The van der Waals surface area contributed by atoms with Crippen LogP contribution in [0, 0.1) is 0 Å². The number of aromatic hydroxyl groups is 1. The van der Waals surface area contributed by atoms with Crippen molar-refractivity contribution in [2.24, 2.45) is 0 Å². The number of aromatic nitrogens is 1. The molecule has 0 saturated heterocycles. The van der Waals surface area contributed by atoms with Crippen molar-refractivity contribution in [1.29, 1.82) is 0 Å². The van der Waals surface area contributed by atoms with Crippen molar-refractivity contribution in [2.45, 2.75) is 25.9 Å². The minimum absolute atomic E-state index is 0.0539. The molecule has 88 valence electrons. The molecule has 1 rings (SSSR count). The smallest absolute Gasteiger partial charge is 0.253 e. The minimum atomic E-state index is -0.529. The van der Waals surface area contributed by atoms with E-state index in [-0.39, 0.29) is 23.8 Å². The maximum atomic E-state index is 11.5. The Morgan fingerprint density at radius 2 is 2.31 bits per heavy atom. The molecule has 16 heavy (non-hydrogen) atoms. The number of hydrogen-bond acceptors (Lipinski definition) is 4. The largest absolute Gasteiger partial charge is 0.506 e. The van der Waals surface area contributed by atoms with E-state index >= 15 is 0 Å². The quantitative estimate of drug-likeness (QED) is 0.686. The van der Waals surface area contributed by atoms with Crippen LogP contribution in [0.5, 0.6) is 5.75 Å². The molecule has 0 fully saturated rings. The first kappa shape index (κ1) is 12.4. The number of carbonyl (C=O) groups excluding carboxylic acids is 1. The second-order valence-electron chi connectivity index (χ2n) is 3.58. The predicted molar refractivity (Wildman–Crippen MR) is 59.1 cm³/mol. The van der Waals surface area contributed by atoms with Crippen molar-refractivity contribution >= 4 is 5.91 Å². The molecule has 0 aliphatic carbocycles. The molecule has 1 unspecified atom stereocenters. The zero-order chi connectivity index (χ0) is 12.0. The summed E-state index contributed by atoms with van der Waals surface area (Å²) in [4.78, 5) is 15.2. The van der Waals surface area contributed by atoms with Crippen LogP contribution in [0.2, 0.25) is 0 Å². The number of carbonyl (C=O) groups is 1. The van der Waals surface area contributed by atoms with Gasteiger partial charge in [0.15, 0.2) is 0 Å². The lowest BCUT2D eigenvalue weighted by molar-refractivity contribution is 0.0909. The van der Waals surface area contributed by atoms with Crippen molar-refractivity contribution in [2.75, 3.05) is 6.54 Å². The summed E-state index contributed by atoms with van der Waals surface area (Å²) in [5.41, 5.74) is 0.281. The van der Waals surface area contributed by atoms with Gasteiger partial charge in [-0.1, -0.05) is 13.3 Å². The number of pyridine rings is 1. The first-order chi connectivity index (χ1) is 7.63. The van der Waals surface area contributed by atoms with Crippen molar-refractivity contribution in [1.82, 2.24) is 10.3 Å². The van der Waals surface area contributed by atoms with Gasteiger partial charge in [0.05, 0.1) is 17.9 Å². The standard InChI is InChI=1S/C11H16N2O3/c1-2-3-9(14)7-13-11(16)8-4-10(15)6-12-5-8/h4-6,9,14-15H,2-3,7H2,1H3,(H,13,16). The van der Waals surface area contributed by atoms with Gasteiger partial charge in [-0.15, -0.1) is 0 Å². The summed E-state index contributed by atoms with van der Waals surface area (Å²) in [6, 6.07) is 1.33. The monoisotopic (exact) mass is 224 g/mol. The van der Waals surface area contributed by atoms with Gasteiger partial charge < -0.3 is 15.5 Å². The first-order valence-electron chi connectivity index (χ1n) is 5.23.